The second kappa shape index (κ2) is 5.02. The molecule has 0 bridgehead atoms. The summed E-state index contributed by atoms with van der Waals surface area (Å²) in [4.78, 5) is 3.69. The van der Waals surface area contributed by atoms with Crippen LogP contribution in [0.4, 0.5) is 8.78 Å². The molecule has 0 N–H and O–H groups in total. The molecular formula is C8H7Br2F2NO. The maximum absolute atomic E-state index is 12.6. The molecule has 0 aliphatic rings. The van der Waals surface area contributed by atoms with Crippen LogP contribution in [-0.4, -0.2) is 12.1 Å². The van der Waals surface area contributed by atoms with E-state index in [0.717, 1.165) is 0 Å². The fraction of sp³-hybridized carbons (Fsp3) is 0.375. The van der Waals surface area contributed by atoms with Crippen LogP contribution in [-0.2, 0) is 5.33 Å². The van der Waals surface area contributed by atoms with Gasteiger partial charge in [0.1, 0.15) is 5.69 Å². The summed E-state index contributed by atoms with van der Waals surface area (Å²) in [6.07, 6.45) is -2.60. The van der Waals surface area contributed by atoms with Crippen LogP contribution in [0.2, 0.25) is 0 Å². The van der Waals surface area contributed by atoms with Crippen LogP contribution in [0.25, 0.3) is 0 Å². The topological polar surface area (TPSA) is 22.1 Å². The van der Waals surface area contributed by atoms with E-state index in [1.165, 1.54) is 7.11 Å². The Morgan fingerprint density at radius 3 is 2.64 bits per heavy atom. The van der Waals surface area contributed by atoms with Gasteiger partial charge in [0.05, 0.1) is 7.11 Å². The molecule has 0 spiro atoms. The summed E-state index contributed by atoms with van der Waals surface area (Å²) in [5.41, 5.74) is 0.189. The van der Waals surface area contributed by atoms with Crippen molar-refractivity contribution in [2.24, 2.45) is 0 Å². The minimum Gasteiger partial charge on any atom is -0.481 e. The largest absolute Gasteiger partial charge is 0.481 e. The Morgan fingerprint density at radius 1 is 1.57 bits per heavy atom. The Labute approximate surface area is 96.9 Å². The molecule has 0 atom stereocenters. The van der Waals surface area contributed by atoms with E-state index in [1.54, 1.807) is 6.07 Å². The van der Waals surface area contributed by atoms with Crippen molar-refractivity contribution in [2.45, 2.75) is 11.8 Å². The number of hydrogen-bond donors (Lipinski definition) is 0. The average Bonchev–Trinajstić information content (AvgIpc) is 2.16. The number of halogens is 4. The highest BCUT2D eigenvalue weighted by atomic mass is 79.9. The van der Waals surface area contributed by atoms with Crippen molar-refractivity contribution in [1.29, 1.82) is 0 Å². The summed E-state index contributed by atoms with van der Waals surface area (Å²) in [5.74, 6) is 0.178. The van der Waals surface area contributed by atoms with Gasteiger partial charge in [-0.05, 0) is 0 Å². The zero-order valence-corrected chi connectivity index (χ0v) is 10.4. The molecule has 0 aliphatic carbocycles. The Kier molecular flexibility index (Phi) is 4.25. The highest BCUT2D eigenvalue weighted by molar-refractivity contribution is 9.10. The Bertz CT molecular complexity index is 333. The summed E-state index contributed by atoms with van der Waals surface area (Å²) in [6.45, 7) is 0. The quantitative estimate of drug-likeness (QED) is 0.789. The van der Waals surface area contributed by atoms with Gasteiger partial charge in [-0.2, -0.15) is 0 Å². The molecule has 2 nitrogen and oxygen atoms in total. The Balaban J connectivity index is 3.28. The lowest BCUT2D eigenvalue weighted by atomic mass is 10.2. The first-order chi connectivity index (χ1) is 6.60. The maximum atomic E-state index is 12.6. The molecule has 6 heteroatoms. The number of aromatic nitrogens is 1. The number of alkyl halides is 3. The molecule has 0 saturated carbocycles. The first kappa shape index (κ1) is 11.8. The molecule has 0 radical (unpaired) electrons. The summed E-state index contributed by atoms with van der Waals surface area (Å²) >= 11 is 6.31. The number of methoxy groups -OCH3 is 1. The maximum Gasteiger partial charge on any atom is 0.280 e. The molecule has 0 unspecified atom stereocenters. The molecule has 0 fully saturated rings. The van der Waals surface area contributed by atoms with Gasteiger partial charge in [-0.3, -0.25) is 0 Å². The summed E-state index contributed by atoms with van der Waals surface area (Å²) < 4.78 is 30.5. The van der Waals surface area contributed by atoms with Crippen molar-refractivity contribution in [3.05, 3.63) is 21.8 Å². The molecule has 1 heterocycles. The van der Waals surface area contributed by atoms with Crippen molar-refractivity contribution in [3.8, 4) is 5.88 Å². The fourth-order valence-electron chi connectivity index (χ4n) is 0.954. The van der Waals surface area contributed by atoms with Crippen molar-refractivity contribution in [3.63, 3.8) is 0 Å². The molecule has 0 amide bonds. The van der Waals surface area contributed by atoms with Crippen LogP contribution in [0.5, 0.6) is 5.88 Å². The predicted octanol–water partition coefficient (Wildman–Crippen LogP) is 3.69. The fourth-order valence-corrected chi connectivity index (χ4v) is 2.46. The van der Waals surface area contributed by atoms with Gasteiger partial charge in [0.2, 0.25) is 5.88 Å². The van der Waals surface area contributed by atoms with Crippen LogP contribution in [0, 0.1) is 0 Å². The second-order valence-corrected chi connectivity index (χ2v) is 3.86. The van der Waals surface area contributed by atoms with Gasteiger partial charge in [0.25, 0.3) is 6.43 Å². The first-order valence-electron chi connectivity index (χ1n) is 3.67. The summed E-state index contributed by atoms with van der Waals surface area (Å²) in [5, 5.41) is 0.324. The van der Waals surface area contributed by atoms with E-state index >= 15 is 0 Å². The standard InChI is InChI=1S/C8H7Br2F2NO/c1-14-6-2-5(10)4(3-9)7(13-6)8(11)12/h2,8H,3H2,1H3. The number of rotatable bonds is 3. The van der Waals surface area contributed by atoms with Crippen LogP contribution in [0.1, 0.15) is 17.7 Å². The molecule has 0 aromatic carbocycles. The molecule has 78 valence electrons. The van der Waals surface area contributed by atoms with Crippen LogP contribution < -0.4 is 4.74 Å². The van der Waals surface area contributed by atoms with Gasteiger partial charge in [-0.1, -0.05) is 31.9 Å². The van der Waals surface area contributed by atoms with E-state index < -0.39 is 6.43 Å². The van der Waals surface area contributed by atoms with Gasteiger partial charge < -0.3 is 4.74 Å². The van der Waals surface area contributed by atoms with Gasteiger partial charge in [0.15, 0.2) is 0 Å². The number of ether oxygens (including phenoxy) is 1. The smallest absolute Gasteiger partial charge is 0.280 e. The number of hydrogen-bond acceptors (Lipinski definition) is 2. The van der Waals surface area contributed by atoms with Crippen LogP contribution in [0.3, 0.4) is 0 Å². The molecule has 14 heavy (non-hydrogen) atoms. The Hall–Kier alpha value is -0.230. The lowest BCUT2D eigenvalue weighted by Crippen LogP contribution is -2.00. The van der Waals surface area contributed by atoms with Gasteiger partial charge in [-0.25, -0.2) is 13.8 Å². The van der Waals surface area contributed by atoms with Crippen molar-refractivity contribution in [1.82, 2.24) is 4.98 Å². The van der Waals surface area contributed by atoms with E-state index in [4.69, 9.17) is 4.74 Å². The molecule has 1 aromatic heterocycles. The Morgan fingerprint density at radius 2 is 2.21 bits per heavy atom. The van der Waals surface area contributed by atoms with Crippen molar-refractivity contribution < 1.29 is 13.5 Å². The highest BCUT2D eigenvalue weighted by Crippen LogP contribution is 2.31. The number of pyridine rings is 1. The summed E-state index contributed by atoms with van der Waals surface area (Å²) in [6, 6.07) is 1.56. The monoisotopic (exact) mass is 329 g/mol. The van der Waals surface area contributed by atoms with Crippen LogP contribution >= 0.6 is 31.9 Å². The SMILES string of the molecule is COc1cc(Br)c(CBr)c(C(F)F)n1. The molecule has 1 rings (SSSR count). The second-order valence-electron chi connectivity index (χ2n) is 2.44. The zero-order valence-electron chi connectivity index (χ0n) is 7.23. The lowest BCUT2D eigenvalue weighted by molar-refractivity contribution is 0.144. The first-order valence-corrected chi connectivity index (χ1v) is 5.59. The third-order valence-electron chi connectivity index (χ3n) is 1.63. The van der Waals surface area contributed by atoms with E-state index in [9.17, 15) is 8.78 Å². The minimum absolute atomic E-state index is 0.178. The van der Waals surface area contributed by atoms with E-state index in [0.29, 0.717) is 15.4 Å². The predicted molar refractivity (Wildman–Crippen MR) is 56.1 cm³/mol. The summed E-state index contributed by atoms with van der Waals surface area (Å²) in [7, 11) is 1.39. The van der Waals surface area contributed by atoms with E-state index in [1.807, 2.05) is 0 Å². The van der Waals surface area contributed by atoms with E-state index in [2.05, 4.69) is 36.8 Å². The zero-order chi connectivity index (χ0) is 10.7. The van der Waals surface area contributed by atoms with Crippen molar-refractivity contribution >= 4 is 31.9 Å². The minimum atomic E-state index is -2.60. The molecule has 0 saturated heterocycles. The van der Waals surface area contributed by atoms with Gasteiger partial charge in [-0.15, -0.1) is 0 Å². The third kappa shape index (κ3) is 2.42. The van der Waals surface area contributed by atoms with Crippen LogP contribution in [0.15, 0.2) is 10.5 Å². The molecule has 1 aromatic rings. The third-order valence-corrected chi connectivity index (χ3v) is 2.90. The van der Waals surface area contributed by atoms with Crippen molar-refractivity contribution in [2.75, 3.05) is 7.11 Å². The van der Waals surface area contributed by atoms with Gasteiger partial charge >= 0.3 is 0 Å². The molecular weight excluding hydrogens is 324 g/mol. The van der Waals surface area contributed by atoms with Gasteiger partial charge in [0, 0.05) is 21.4 Å². The lowest BCUT2D eigenvalue weighted by Gasteiger charge is -2.09. The molecule has 0 aliphatic heterocycles. The normalized spacial score (nSPS) is 10.7. The van der Waals surface area contributed by atoms with E-state index in [-0.39, 0.29) is 11.6 Å². The number of nitrogens with zero attached hydrogens (tertiary/aromatic N) is 1. The average molecular weight is 331 g/mol. The highest BCUT2D eigenvalue weighted by Gasteiger charge is 2.18.